The fraction of sp³-hybridized carbons (Fsp3) is 0.250. The third kappa shape index (κ3) is 5.97. The molecule has 0 saturated heterocycles. The van der Waals surface area contributed by atoms with E-state index in [1.54, 1.807) is 26.0 Å². The van der Waals surface area contributed by atoms with Crippen LogP contribution in [0.5, 0.6) is 0 Å². The van der Waals surface area contributed by atoms with E-state index in [1.165, 1.54) is 18.3 Å². The van der Waals surface area contributed by atoms with E-state index in [4.69, 9.17) is 23.2 Å². The molecule has 9 heteroatoms. The van der Waals surface area contributed by atoms with Crippen LogP contribution in [0.15, 0.2) is 66.9 Å². The largest absolute Gasteiger partial charge is 0.417 e. The summed E-state index contributed by atoms with van der Waals surface area (Å²) in [5.41, 5.74) is -1.17. The Morgan fingerprint density at radius 2 is 1.73 bits per heavy atom. The van der Waals surface area contributed by atoms with Crippen molar-refractivity contribution >= 4 is 29.2 Å². The number of urea groups is 1. The summed E-state index contributed by atoms with van der Waals surface area (Å²) in [7, 11) is 0. The van der Waals surface area contributed by atoms with Gasteiger partial charge in [0.25, 0.3) is 0 Å². The summed E-state index contributed by atoms with van der Waals surface area (Å²) in [6, 6.07) is 15.1. The zero-order chi connectivity index (χ0) is 24.2. The second-order valence-corrected chi connectivity index (χ2v) is 8.72. The van der Waals surface area contributed by atoms with Gasteiger partial charge in [-0.25, -0.2) is 4.79 Å². The summed E-state index contributed by atoms with van der Waals surface area (Å²) in [6.45, 7) is 3.56. The smallest absolute Gasteiger partial charge is 0.336 e. The highest BCUT2D eigenvalue weighted by Crippen LogP contribution is 2.40. The van der Waals surface area contributed by atoms with Gasteiger partial charge in [-0.2, -0.15) is 13.2 Å². The van der Waals surface area contributed by atoms with E-state index in [1.807, 2.05) is 30.3 Å². The number of halogens is 5. The number of carbonyl (C=O) groups is 1. The predicted octanol–water partition coefficient (Wildman–Crippen LogP) is 6.60. The number of nitrogens with one attached hydrogen (secondary N) is 2. The first-order valence-corrected chi connectivity index (χ1v) is 10.9. The van der Waals surface area contributed by atoms with Crippen LogP contribution in [0.2, 0.25) is 10.0 Å². The summed E-state index contributed by atoms with van der Waals surface area (Å²) >= 11 is 11.9. The van der Waals surface area contributed by atoms with Gasteiger partial charge in [-0.1, -0.05) is 59.6 Å². The molecule has 174 valence electrons. The van der Waals surface area contributed by atoms with Gasteiger partial charge >= 0.3 is 12.2 Å². The lowest BCUT2D eigenvalue weighted by Gasteiger charge is -2.36. The zero-order valence-electron chi connectivity index (χ0n) is 17.9. The molecule has 1 unspecified atom stereocenters. The maximum atomic E-state index is 13.7. The molecule has 4 nitrogen and oxygen atoms in total. The van der Waals surface area contributed by atoms with Crippen molar-refractivity contribution in [2.45, 2.75) is 38.0 Å². The number of hydrogen-bond acceptors (Lipinski definition) is 2. The van der Waals surface area contributed by atoms with Gasteiger partial charge in [0.05, 0.1) is 21.3 Å². The SMILES string of the molecule is CC(C)NC(=O)NC(Cc1ccccc1)(c1ccc(Cl)c(C(F)(F)F)c1)c1ccc(Cl)cn1. The number of nitrogens with zero attached hydrogens (tertiary/aromatic N) is 1. The molecule has 2 aromatic carbocycles. The number of carbonyl (C=O) groups excluding carboxylic acids is 1. The van der Waals surface area contributed by atoms with Crippen molar-refractivity contribution in [3.05, 3.63) is 99.3 Å². The number of hydrogen-bond donors (Lipinski definition) is 2. The van der Waals surface area contributed by atoms with Gasteiger partial charge in [0, 0.05) is 18.7 Å². The molecule has 1 atom stereocenters. The fourth-order valence-electron chi connectivity index (χ4n) is 3.55. The minimum absolute atomic E-state index is 0.132. The summed E-state index contributed by atoms with van der Waals surface area (Å²) < 4.78 is 41.1. The number of aromatic nitrogens is 1. The van der Waals surface area contributed by atoms with E-state index < -0.39 is 28.3 Å². The lowest BCUT2D eigenvalue weighted by Crippen LogP contribution is -2.53. The van der Waals surface area contributed by atoms with Crippen LogP contribution in [0.3, 0.4) is 0 Å². The topological polar surface area (TPSA) is 54.0 Å². The first kappa shape index (κ1) is 24.9. The van der Waals surface area contributed by atoms with Crippen molar-refractivity contribution < 1.29 is 18.0 Å². The molecule has 33 heavy (non-hydrogen) atoms. The number of benzene rings is 2. The maximum Gasteiger partial charge on any atom is 0.417 e. The number of pyridine rings is 1. The van der Waals surface area contributed by atoms with E-state index in [0.29, 0.717) is 10.7 Å². The van der Waals surface area contributed by atoms with Crippen molar-refractivity contribution in [1.82, 2.24) is 15.6 Å². The van der Waals surface area contributed by atoms with E-state index in [2.05, 4.69) is 15.6 Å². The number of rotatable bonds is 6. The van der Waals surface area contributed by atoms with Crippen LogP contribution in [-0.4, -0.2) is 17.1 Å². The summed E-state index contributed by atoms with van der Waals surface area (Å²) in [4.78, 5) is 17.3. The molecular weight excluding hydrogens is 474 g/mol. The molecule has 0 radical (unpaired) electrons. The van der Waals surface area contributed by atoms with Crippen LogP contribution < -0.4 is 10.6 Å². The third-order valence-electron chi connectivity index (χ3n) is 4.99. The van der Waals surface area contributed by atoms with E-state index in [0.717, 1.165) is 11.6 Å². The Hall–Kier alpha value is -2.77. The number of alkyl halides is 3. The minimum Gasteiger partial charge on any atom is -0.336 e. The van der Waals surface area contributed by atoms with Gasteiger partial charge in [-0.05, 0) is 49.2 Å². The molecule has 0 aliphatic rings. The van der Waals surface area contributed by atoms with Crippen molar-refractivity contribution in [1.29, 1.82) is 0 Å². The summed E-state index contributed by atoms with van der Waals surface area (Å²) in [5, 5.41) is 5.55. The molecule has 1 aromatic heterocycles. The normalized spacial score (nSPS) is 13.5. The van der Waals surface area contributed by atoms with Gasteiger partial charge in [-0.15, -0.1) is 0 Å². The van der Waals surface area contributed by atoms with Crippen LogP contribution >= 0.6 is 23.2 Å². The Morgan fingerprint density at radius 1 is 1.03 bits per heavy atom. The van der Waals surface area contributed by atoms with Crippen LogP contribution in [0, 0.1) is 0 Å². The molecule has 0 spiro atoms. The second kappa shape index (κ2) is 10.0. The third-order valence-corrected chi connectivity index (χ3v) is 5.54. The van der Waals surface area contributed by atoms with Crippen LogP contribution in [-0.2, 0) is 18.1 Å². The minimum atomic E-state index is -4.68. The molecule has 0 aliphatic carbocycles. The van der Waals surface area contributed by atoms with Crippen LogP contribution in [0.25, 0.3) is 0 Å². The van der Waals surface area contributed by atoms with Crippen molar-refractivity contribution in [3.63, 3.8) is 0 Å². The standard InChI is InChI=1S/C24H22Cl2F3N3O/c1-15(2)31-22(33)32-23(13-16-6-4-3-5-7-16,21-11-9-18(25)14-30-21)17-8-10-20(26)19(12-17)24(27,28)29/h3-12,14-15H,13H2,1-2H3,(H2,31,32,33). The molecule has 0 bridgehead atoms. The Labute approximate surface area is 200 Å². The molecule has 0 aliphatic heterocycles. The number of amides is 2. The lowest BCUT2D eigenvalue weighted by molar-refractivity contribution is -0.137. The molecule has 1 heterocycles. The van der Waals surface area contributed by atoms with E-state index in [9.17, 15) is 18.0 Å². The average molecular weight is 496 g/mol. The quantitative estimate of drug-likeness (QED) is 0.404. The second-order valence-electron chi connectivity index (χ2n) is 7.87. The maximum absolute atomic E-state index is 13.7. The highest BCUT2D eigenvalue weighted by Gasteiger charge is 2.41. The average Bonchev–Trinajstić information content (AvgIpc) is 2.73. The van der Waals surface area contributed by atoms with E-state index in [-0.39, 0.29) is 18.0 Å². The molecular formula is C24H22Cl2F3N3O. The molecule has 0 saturated carbocycles. The van der Waals surface area contributed by atoms with Crippen LogP contribution in [0.4, 0.5) is 18.0 Å². The van der Waals surface area contributed by atoms with Crippen molar-refractivity contribution in [2.75, 3.05) is 0 Å². The first-order valence-electron chi connectivity index (χ1n) is 10.1. The van der Waals surface area contributed by atoms with Crippen molar-refractivity contribution in [3.8, 4) is 0 Å². The highest BCUT2D eigenvalue weighted by molar-refractivity contribution is 6.31. The van der Waals surface area contributed by atoms with Gasteiger partial charge in [0.15, 0.2) is 0 Å². The Balaban J connectivity index is 2.28. The van der Waals surface area contributed by atoms with Crippen LogP contribution in [0.1, 0.15) is 36.2 Å². The first-order chi connectivity index (χ1) is 15.5. The molecule has 3 aromatic rings. The molecule has 2 N–H and O–H groups in total. The molecule has 0 fully saturated rings. The van der Waals surface area contributed by atoms with Gasteiger partial charge < -0.3 is 10.6 Å². The monoisotopic (exact) mass is 495 g/mol. The van der Waals surface area contributed by atoms with E-state index >= 15 is 0 Å². The Kier molecular flexibility index (Phi) is 7.55. The fourth-order valence-corrected chi connectivity index (χ4v) is 3.89. The summed E-state index contributed by atoms with van der Waals surface area (Å²) in [6.07, 6.45) is -3.16. The molecule has 3 rings (SSSR count). The summed E-state index contributed by atoms with van der Waals surface area (Å²) in [5.74, 6) is 0. The van der Waals surface area contributed by atoms with Crippen molar-refractivity contribution in [2.24, 2.45) is 0 Å². The van der Waals surface area contributed by atoms with Gasteiger partial charge in [0.1, 0.15) is 5.54 Å². The highest BCUT2D eigenvalue weighted by atomic mass is 35.5. The molecule has 2 amide bonds. The Bertz CT molecular complexity index is 1110. The lowest BCUT2D eigenvalue weighted by atomic mass is 9.80. The van der Waals surface area contributed by atoms with Gasteiger partial charge in [0.2, 0.25) is 0 Å². The zero-order valence-corrected chi connectivity index (χ0v) is 19.4. The Morgan fingerprint density at radius 3 is 2.30 bits per heavy atom. The van der Waals surface area contributed by atoms with Gasteiger partial charge in [-0.3, -0.25) is 4.98 Å². The predicted molar refractivity (Wildman–Crippen MR) is 123 cm³/mol.